The van der Waals surface area contributed by atoms with Gasteiger partial charge in [-0.3, -0.25) is 4.90 Å². The van der Waals surface area contributed by atoms with E-state index >= 15 is 0 Å². The molecule has 1 fully saturated rings. The Labute approximate surface area is 104 Å². The van der Waals surface area contributed by atoms with Crippen molar-refractivity contribution in [1.29, 1.82) is 0 Å². The Bertz CT molecular complexity index is 176. The lowest BCUT2D eigenvalue weighted by Crippen LogP contribution is -2.39. The topological polar surface area (TPSA) is 21.7 Å². The Balaban J connectivity index is 2.19. The molecule has 0 spiro atoms. The summed E-state index contributed by atoms with van der Waals surface area (Å²) in [5.74, 6) is 1.47. The second kappa shape index (κ2) is 8.29. The van der Waals surface area contributed by atoms with Crippen LogP contribution < -0.4 is 0 Å². The summed E-state index contributed by atoms with van der Waals surface area (Å²) >= 11 is 5.56. The van der Waals surface area contributed by atoms with Crippen LogP contribution in [0.25, 0.3) is 0 Å². The second-order valence-corrected chi connectivity index (χ2v) is 4.79. The summed E-state index contributed by atoms with van der Waals surface area (Å²) < 4.78 is 10.6. The molecule has 0 aliphatic heterocycles. The molecule has 1 atom stereocenters. The second-order valence-electron chi connectivity index (χ2n) is 4.41. The quantitative estimate of drug-likeness (QED) is 0.437. The van der Waals surface area contributed by atoms with Crippen molar-refractivity contribution in [1.82, 2.24) is 4.90 Å². The van der Waals surface area contributed by atoms with Crippen LogP contribution in [-0.4, -0.2) is 56.8 Å². The van der Waals surface area contributed by atoms with Gasteiger partial charge in [0.25, 0.3) is 0 Å². The molecule has 1 aliphatic rings. The molecule has 0 aromatic heterocycles. The van der Waals surface area contributed by atoms with Crippen molar-refractivity contribution in [3.8, 4) is 0 Å². The monoisotopic (exact) mass is 249 g/mol. The highest BCUT2D eigenvalue weighted by Gasteiger charge is 2.31. The minimum atomic E-state index is 0.580. The van der Waals surface area contributed by atoms with Gasteiger partial charge in [-0.2, -0.15) is 0 Å². The maximum Gasteiger partial charge on any atom is 0.0602 e. The van der Waals surface area contributed by atoms with Gasteiger partial charge in [0, 0.05) is 32.1 Å². The van der Waals surface area contributed by atoms with Crippen LogP contribution in [0.15, 0.2) is 0 Å². The first kappa shape index (κ1) is 14.2. The molecular weight excluding hydrogens is 226 g/mol. The van der Waals surface area contributed by atoms with Crippen molar-refractivity contribution in [3.63, 3.8) is 0 Å². The van der Waals surface area contributed by atoms with E-state index in [1.807, 2.05) is 0 Å². The molecule has 0 aromatic carbocycles. The van der Waals surface area contributed by atoms with Crippen molar-refractivity contribution in [2.75, 3.05) is 45.9 Å². The summed E-state index contributed by atoms with van der Waals surface area (Å²) in [5.41, 5.74) is 0. The van der Waals surface area contributed by atoms with Gasteiger partial charge in [-0.1, -0.05) is 0 Å². The molecule has 0 amide bonds. The SMILES string of the molecule is COCCN(CCOCCCl)C(C)C1CC1. The molecule has 0 bridgehead atoms. The first-order chi connectivity index (χ1) is 7.79. The maximum absolute atomic E-state index is 5.56. The van der Waals surface area contributed by atoms with E-state index in [1.54, 1.807) is 7.11 Å². The van der Waals surface area contributed by atoms with E-state index in [9.17, 15) is 0 Å². The van der Waals surface area contributed by atoms with Gasteiger partial charge in [0.2, 0.25) is 0 Å². The average Bonchev–Trinajstić information content (AvgIpc) is 3.11. The number of alkyl halides is 1. The average molecular weight is 250 g/mol. The van der Waals surface area contributed by atoms with Crippen molar-refractivity contribution < 1.29 is 9.47 Å². The molecule has 3 nitrogen and oxygen atoms in total. The molecule has 0 radical (unpaired) electrons. The van der Waals surface area contributed by atoms with E-state index in [1.165, 1.54) is 12.8 Å². The Morgan fingerprint density at radius 2 is 1.94 bits per heavy atom. The van der Waals surface area contributed by atoms with Crippen LogP contribution in [0.2, 0.25) is 0 Å². The van der Waals surface area contributed by atoms with Crippen LogP contribution >= 0.6 is 11.6 Å². The standard InChI is InChI=1S/C12H24ClNO2/c1-11(12-3-4-12)14(6-9-15-2)7-10-16-8-5-13/h11-12H,3-10H2,1-2H3. The zero-order valence-electron chi connectivity index (χ0n) is 10.5. The molecule has 1 aliphatic carbocycles. The summed E-state index contributed by atoms with van der Waals surface area (Å²) in [7, 11) is 1.75. The highest BCUT2D eigenvalue weighted by Crippen LogP contribution is 2.34. The number of nitrogens with zero attached hydrogens (tertiary/aromatic N) is 1. The van der Waals surface area contributed by atoms with Crippen molar-refractivity contribution in [2.45, 2.75) is 25.8 Å². The summed E-state index contributed by atoms with van der Waals surface area (Å²) in [5, 5.41) is 0. The molecule has 1 rings (SSSR count). The largest absolute Gasteiger partial charge is 0.383 e. The van der Waals surface area contributed by atoms with Gasteiger partial charge in [0.1, 0.15) is 0 Å². The van der Waals surface area contributed by atoms with E-state index in [2.05, 4.69) is 11.8 Å². The molecule has 4 heteroatoms. The van der Waals surface area contributed by atoms with Crippen LogP contribution in [0, 0.1) is 5.92 Å². The highest BCUT2D eigenvalue weighted by molar-refractivity contribution is 6.17. The summed E-state index contributed by atoms with van der Waals surface area (Å²) in [6.45, 7) is 6.52. The lowest BCUT2D eigenvalue weighted by molar-refractivity contribution is 0.0722. The first-order valence-corrected chi connectivity index (χ1v) is 6.69. The molecule has 96 valence electrons. The van der Waals surface area contributed by atoms with Crippen molar-refractivity contribution >= 4 is 11.6 Å². The number of rotatable bonds is 10. The Morgan fingerprint density at radius 1 is 1.25 bits per heavy atom. The lowest BCUT2D eigenvalue weighted by atomic mass is 10.2. The van der Waals surface area contributed by atoms with Gasteiger partial charge >= 0.3 is 0 Å². The zero-order chi connectivity index (χ0) is 11.8. The predicted molar refractivity (Wildman–Crippen MR) is 67.2 cm³/mol. The minimum Gasteiger partial charge on any atom is -0.383 e. The smallest absolute Gasteiger partial charge is 0.0602 e. The number of hydrogen-bond acceptors (Lipinski definition) is 3. The summed E-state index contributed by atoms with van der Waals surface area (Å²) in [6.07, 6.45) is 2.76. The van der Waals surface area contributed by atoms with E-state index in [-0.39, 0.29) is 0 Å². The molecule has 0 heterocycles. The third-order valence-corrected chi connectivity index (χ3v) is 3.36. The van der Waals surface area contributed by atoms with Crippen LogP contribution in [0.5, 0.6) is 0 Å². The molecule has 0 saturated heterocycles. The van der Waals surface area contributed by atoms with Crippen molar-refractivity contribution in [3.05, 3.63) is 0 Å². The summed E-state index contributed by atoms with van der Waals surface area (Å²) in [4.78, 5) is 2.47. The normalized spacial score (nSPS) is 18.0. The van der Waals surface area contributed by atoms with Gasteiger partial charge in [-0.25, -0.2) is 0 Å². The minimum absolute atomic E-state index is 0.580. The maximum atomic E-state index is 5.56. The number of ether oxygens (including phenoxy) is 2. The van der Waals surface area contributed by atoms with Crippen LogP contribution in [0.4, 0.5) is 0 Å². The number of halogens is 1. The van der Waals surface area contributed by atoms with Gasteiger partial charge in [-0.15, -0.1) is 11.6 Å². The van der Waals surface area contributed by atoms with E-state index in [0.29, 0.717) is 18.5 Å². The Kier molecular flexibility index (Phi) is 7.37. The fourth-order valence-electron chi connectivity index (χ4n) is 1.94. The molecular formula is C12H24ClNO2. The number of methoxy groups -OCH3 is 1. The fourth-order valence-corrected chi connectivity index (χ4v) is 2.05. The predicted octanol–water partition coefficient (Wildman–Crippen LogP) is 1.99. The van der Waals surface area contributed by atoms with Gasteiger partial charge in [-0.05, 0) is 25.7 Å². The van der Waals surface area contributed by atoms with Crippen molar-refractivity contribution in [2.24, 2.45) is 5.92 Å². The third kappa shape index (κ3) is 5.48. The third-order valence-electron chi connectivity index (χ3n) is 3.21. The molecule has 0 N–H and O–H groups in total. The summed E-state index contributed by atoms with van der Waals surface area (Å²) in [6, 6.07) is 0.662. The van der Waals surface area contributed by atoms with E-state index in [4.69, 9.17) is 21.1 Å². The zero-order valence-corrected chi connectivity index (χ0v) is 11.2. The Morgan fingerprint density at radius 3 is 2.50 bits per heavy atom. The van der Waals surface area contributed by atoms with Crippen LogP contribution in [-0.2, 0) is 9.47 Å². The molecule has 16 heavy (non-hydrogen) atoms. The van der Waals surface area contributed by atoms with Gasteiger partial charge < -0.3 is 9.47 Å². The molecule has 1 saturated carbocycles. The van der Waals surface area contributed by atoms with Gasteiger partial charge in [0.15, 0.2) is 0 Å². The Hall–Kier alpha value is 0.170. The molecule has 0 aromatic rings. The highest BCUT2D eigenvalue weighted by atomic mass is 35.5. The lowest BCUT2D eigenvalue weighted by Gasteiger charge is -2.28. The number of hydrogen-bond donors (Lipinski definition) is 0. The first-order valence-electron chi connectivity index (χ1n) is 6.16. The van der Waals surface area contributed by atoms with Crippen LogP contribution in [0.1, 0.15) is 19.8 Å². The van der Waals surface area contributed by atoms with E-state index in [0.717, 1.165) is 32.2 Å². The fraction of sp³-hybridized carbons (Fsp3) is 1.00. The molecule has 1 unspecified atom stereocenters. The van der Waals surface area contributed by atoms with Gasteiger partial charge in [0.05, 0.1) is 19.8 Å². The van der Waals surface area contributed by atoms with Crippen LogP contribution in [0.3, 0.4) is 0 Å². The van der Waals surface area contributed by atoms with E-state index < -0.39 is 0 Å².